The van der Waals surface area contributed by atoms with Crippen molar-refractivity contribution in [2.24, 2.45) is 5.10 Å². The third-order valence-corrected chi connectivity index (χ3v) is 3.26. The van der Waals surface area contributed by atoms with Crippen LogP contribution < -0.4 is 5.43 Å². The maximum absolute atomic E-state index is 11.8. The Balaban J connectivity index is 1.94. The summed E-state index contributed by atoms with van der Waals surface area (Å²) in [6.45, 7) is 1.93. The molecule has 0 aliphatic carbocycles. The molecule has 0 heterocycles. The van der Waals surface area contributed by atoms with Crippen molar-refractivity contribution < 1.29 is 4.79 Å². The van der Waals surface area contributed by atoms with E-state index in [0.717, 1.165) is 15.6 Å². The first-order valence-corrected chi connectivity index (χ1v) is 7.27. The standard InChI is InChI=1S/C17H15BrN2O/c1-13(11-14-5-3-2-4-6-14)12-19-20-17(21)15-7-9-16(18)10-8-15/h2-12H,1H3,(H,20,21)/b13-11-,19-12-. The van der Waals surface area contributed by atoms with E-state index in [2.05, 4.69) is 26.5 Å². The van der Waals surface area contributed by atoms with Gasteiger partial charge in [0.05, 0.1) is 6.21 Å². The molecule has 0 saturated carbocycles. The molecule has 0 saturated heterocycles. The first-order chi connectivity index (χ1) is 10.1. The van der Waals surface area contributed by atoms with Gasteiger partial charge in [0.25, 0.3) is 5.91 Å². The van der Waals surface area contributed by atoms with Crippen molar-refractivity contribution in [2.75, 3.05) is 0 Å². The molecule has 0 radical (unpaired) electrons. The second-order valence-electron chi connectivity index (χ2n) is 4.51. The molecule has 3 nitrogen and oxygen atoms in total. The van der Waals surface area contributed by atoms with E-state index < -0.39 is 0 Å². The lowest BCUT2D eigenvalue weighted by Crippen LogP contribution is -2.17. The number of halogens is 1. The molecule has 2 aromatic carbocycles. The molecule has 0 aliphatic heterocycles. The predicted octanol–water partition coefficient (Wildman–Crippen LogP) is 4.27. The quantitative estimate of drug-likeness (QED) is 0.654. The van der Waals surface area contributed by atoms with Crippen molar-refractivity contribution in [3.63, 3.8) is 0 Å². The van der Waals surface area contributed by atoms with Gasteiger partial charge in [-0.05, 0) is 42.3 Å². The van der Waals surface area contributed by atoms with Crippen molar-refractivity contribution in [3.05, 3.63) is 75.8 Å². The smallest absolute Gasteiger partial charge is 0.267 e. The third kappa shape index (κ3) is 5.00. The topological polar surface area (TPSA) is 41.5 Å². The number of nitrogens with one attached hydrogen (secondary N) is 1. The Morgan fingerprint density at radius 2 is 1.76 bits per heavy atom. The molecule has 0 fully saturated rings. The Hall–Kier alpha value is -2.20. The fourth-order valence-corrected chi connectivity index (χ4v) is 1.97. The van der Waals surface area contributed by atoms with Crippen LogP contribution >= 0.6 is 15.9 Å². The van der Waals surface area contributed by atoms with E-state index in [4.69, 9.17) is 0 Å². The normalized spacial score (nSPS) is 11.6. The Bertz CT molecular complexity index is 661. The molecule has 2 aromatic rings. The lowest BCUT2D eigenvalue weighted by molar-refractivity contribution is 0.0955. The third-order valence-electron chi connectivity index (χ3n) is 2.73. The van der Waals surface area contributed by atoms with E-state index in [1.807, 2.05) is 55.5 Å². The zero-order valence-electron chi connectivity index (χ0n) is 11.6. The monoisotopic (exact) mass is 342 g/mol. The molecule has 0 bridgehead atoms. The molecule has 0 unspecified atom stereocenters. The number of allylic oxidation sites excluding steroid dienone is 1. The maximum Gasteiger partial charge on any atom is 0.271 e. The van der Waals surface area contributed by atoms with Gasteiger partial charge < -0.3 is 0 Å². The number of hydrogen-bond donors (Lipinski definition) is 1. The number of amides is 1. The van der Waals surface area contributed by atoms with Gasteiger partial charge in [0.15, 0.2) is 0 Å². The molecular formula is C17H15BrN2O. The first-order valence-electron chi connectivity index (χ1n) is 6.47. The first kappa shape index (κ1) is 15.2. The Kier molecular flexibility index (Phi) is 5.46. The second-order valence-corrected chi connectivity index (χ2v) is 5.42. The molecule has 0 aliphatic rings. The van der Waals surface area contributed by atoms with Crippen LogP contribution in [-0.2, 0) is 0 Å². The van der Waals surface area contributed by atoms with Crippen LogP contribution in [0.2, 0.25) is 0 Å². The molecule has 21 heavy (non-hydrogen) atoms. The summed E-state index contributed by atoms with van der Waals surface area (Å²) in [6, 6.07) is 17.1. The van der Waals surface area contributed by atoms with Gasteiger partial charge in [-0.3, -0.25) is 4.79 Å². The fraction of sp³-hybridized carbons (Fsp3) is 0.0588. The molecule has 4 heteroatoms. The van der Waals surface area contributed by atoms with Gasteiger partial charge in [0.1, 0.15) is 0 Å². The van der Waals surface area contributed by atoms with E-state index in [-0.39, 0.29) is 5.91 Å². The fourth-order valence-electron chi connectivity index (χ4n) is 1.71. The average Bonchev–Trinajstić information content (AvgIpc) is 2.49. The van der Waals surface area contributed by atoms with Crippen LogP contribution in [0, 0.1) is 0 Å². The number of carbonyl (C=O) groups excluding carboxylic acids is 1. The van der Waals surface area contributed by atoms with E-state index in [1.54, 1.807) is 18.3 Å². The van der Waals surface area contributed by atoms with Crippen LogP contribution in [0.5, 0.6) is 0 Å². The highest BCUT2D eigenvalue weighted by Crippen LogP contribution is 2.10. The van der Waals surface area contributed by atoms with Crippen LogP contribution in [0.15, 0.2) is 69.7 Å². The Morgan fingerprint density at radius 1 is 1.10 bits per heavy atom. The number of nitrogens with zero attached hydrogens (tertiary/aromatic N) is 1. The van der Waals surface area contributed by atoms with Gasteiger partial charge in [-0.25, -0.2) is 5.43 Å². The minimum Gasteiger partial charge on any atom is -0.267 e. The number of hydrazone groups is 1. The van der Waals surface area contributed by atoms with Gasteiger partial charge in [0, 0.05) is 10.0 Å². The minimum atomic E-state index is -0.230. The van der Waals surface area contributed by atoms with Gasteiger partial charge in [-0.15, -0.1) is 0 Å². The van der Waals surface area contributed by atoms with E-state index in [1.165, 1.54) is 0 Å². The van der Waals surface area contributed by atoms with Crippen LogP contribution in [0.1, 0.15) is 22.8 Å². The largest absolute Gasteiger partial charge is 0.271 e. The van der Waals surface area contributed by atoms with Crippen LogP contribution in [0.25, 0.3) is 6.08 Å². The summed E-state index contributed by atoms with van der Waals surface area (Å²) in [5, 5.41) is 3.96. The zero-order valence-corrected chi connectivity index (χ0v) is 13.2. The number of carbonyl (C=O) groups is 1. The summed E-state index contributed by atoms with van der Waals surface area (Å²) in [4.78, 5) is 11.8. The molecule has 1 amide bonds. The zero-order chi connectivity index (χ0) is 15.1. The van der Waals surface area contributed by atoms with Crippen LogP contribution in [0.4, 0.5) is 0 Å². The van der Waals surface area contributed by atoms with Crippen molar-refractivity contribution in [3.8, 4) is 0 Å². The summed E-state index contributed by atoms with van der Waals surface area (Å²) in [5.41, 5.74) is 5.13. The van der Waals surface area contributed by atoms with Crippen molar-refractivity contribution in [2.45, 2.75) is 6.92 Å². The molecule has 1 N–H and O–H groups in total. The second kappa shape index (κ2) is 7.55. The molecule has 0 atom stereocenters. The molecular weight excluding hydrogens is 328 g/mol. The average molecular weight is 343 g/mol. The van der Waals surface area contributed by atoms with Crippen molar-refractivity contribution in [1.82, 2.24) is 5.43 Å². The molecule has 2 rings (SSSR count). The Labute approximate surface area is 132 Å². The lowest BCUT2D eigenvalue weighted by atomic mass is 10.1. The van der Waals surface area contributed by atoms with Crippen molar-refractivity contribution >= 4 is 34.1 Å². The summed E-state index contributed by atoms with van der Waals surface area (Å²) in [7, 11) is 0. The van der Waals surface area contributed by atoms with E-state index >= 15 is 0 Å². The van der Waals surface area contributed by atoms with Crippen LogP contribution in [0.3, 0.4) is 0 Å². The van der Waals surface area contributed by atoms with E-state index in [9.17, 15) is 4.79 Å². The summed E-state index contributed by atoms with van der Waals surface area (Å²) in [6.07, 6.45) is 3.62. The van der Waals surface area contributed by atoms with Gasteiger partial charge in [-0.2, -0.15) is 5.10 Å². The summed E-state index contributed by atoms with van der Waals surface area (Å²) in [5.74, 6) is -0.230. The predicted molar refractivity (Wildman–Crippen MR) is 90.2 cm³/mol. The number of hydrogen-bond acceptors (Lipinski definition) is 2. The molecule has 106 valence electrons. The van der Waals surface area contributed by atoms with Gasteiger partial charge in [-0.1, -0.05) is 52.3 Å². The van der Waals surface area contributed by atoms with Crippen LogP contribution in [-0.4, -0.2) is 12.1 Å². The van der Waals surface area contributed by atoms with Gasteiger partial charge >= 0.3 is 0 Å². The SMILES string of the molecule is CC(/C=N\NC(=O)c1ccc(Br)cc1)=C/c1ccccc1. The minimum absolute atomic E-state index is 0.230. The summed E-state index contributed by atoms with van der Waals surface area (Å²) < 4.78 is 0.934. The number of rotatable bonds is 4. The maximum atomic E-state index is 11.8. The highest BCUT2D eigenvalue weighted by Gasteiger charge is 2.02. The lowest BCUT2D eigenvalue weighted by Gasteiger charge is -2.00. The summed E-state index contributed by atoms with van der Waals surface area (Å²) >= 11 is 3.33. The Morgan fingerprint density at radius 3 is 2.43 bits per heavy atom. The van der Waals surface area contributed by atoms with E-state index in [0.29, 0.717) is 5.56 Å². The molecule has 0 spiro atoms. The van der Waals surface area contributed by atoms with Crippen molar-refractivity contribution in [1.29, 1.82) is 0 Å². The number of benzene rings is 2. The molecule has 0 aromatic heterocycles. The highest BCUT2D eigenvalue weighted by molar-refractivity contribution is 9.10. The van der Waals surface area contributed by atoms with Gasteiger partial charge in [0.2, 0.25) is 0 Å². The highest BCUT2D eigenvalue weighted by atomic mass is 79.9.